The van der Waals surface area contributed by atoms with Gasteiger partial charge in [-0.05, 0) is 54.4 Å². The molecule has 2 unspecified atom stereocenters. The van der Waals surface area contributed by atoms with E-state index in [2.05, 4.69) is 20.3 Å². The number of nitrogens with zero attached hydrogens (tertiary/aromatic N) is 4. The molecule has 1 aliphatic rings. The van der Waals surface area contributed by atoms with Gasteiger partial charge in [-0.25, -0.2) is 23.1 Å². The van der Waals surface area contributed by atoms with Crippen LogP contribution in [0, 0.1) is 5.82 Å². The normalized spacial score (nSPS) is 18.7. The number of hydrogen-bond acceptors (Lipinski definition) is 6. The van der Waals surface area contributed by atoms with E-state index in [1.807, 2.05) is 0 Å². The summed E-state index contributed by atoms with van der Waals surface area (Å²) in [6.07, 6.45) is -3.40. The Balaban J connectivity index is 1.39. The summed E-state index contributed by atoms with van der Waals surface area (Å²) in [5.74, 6) is -0.786. The number of carbonyl (C=O) groups is 1. The smallest absolute Gasteiger partial charge is 0.349 e. The summed E-state index contributed by atoms with van der Waals surface area (Å²) in [6.45, 7) is 0.0730. The van der Waals surface area contributed by atoms with Gasteiger partial charge in [-0.3, -0.25) is 9.78 Å². The Morgan fingerprint density at radius 1 is 1.12 bits per heavy atom. The number of benzene rings is 1. The molecule has 1 fully saturated rings. The van der Waals surface area contributed by atoms with E-state index in [9.17, 15) is 26.7 Å². The van der Waals surface area contributed by atoms with Crippen molar-refractivity contribution in [2.24, 2.45) is 0 Å². The molecule has 1 N–H and O–H groups in total. The third-order valence-electron chi connectivity index (χ3n) is 5.06. The van der Waals surface area contributed by atoms with Crippen molar-refractivity contribution in [1.82, 2.24) is 24.6 Å². The van der Waals surface area contributed by atoms with Crippen molar-refractivity contribution in [3.63, 3.8) is 0 Å². The molecule has 2 atom stereocenters. The first-order chi connectivity index (χ1) is 16.2. The highest BCUT2D eigenvalue weighted by molar-refractivity contribution is 7.97. The molecule has 4 rings (SSSR count). The second-order valence-electron chi connectivity index (χ2n) is 7.54. The Morgan fingerprint density at radius 3 is 2.56 bits per heavy atom. The lowest BCUT2D eigenvalue weighted by atomic mass is 10.1. The fourth-order valence-electron chi connectivity index (χ4n) is 3.39. The fourth-order valence-corrected chi connectivity index (χ4v) is 4.46. The van der Waals surface area contributed by atoms with Gasteiger partial charge in [-0.1, -0.05) is 0 Å². The summed E-state index contributed by atoms with van der Waals surface area (Å²) in [5.41, 5.74) is 0.119. The van der Waals surface area contributed by atoms with Crippen LogP contribution in [-0.2, 0) is 17.5 Å². The lowest BCUT2D eigenvalue weighted by Gasteiger charge is -2.22. The Bertz CT molecular complexity index is 1140. The predicted octanol–water partition coefficient (Wildman–Crippen LogP) is 4.43. The molecule has 1 aromatic carbocycles. The van der Waals surface area contributed by atoms with Crippen molar-refractivity contribution >= 4 is 17.9 Å². The predicted molar refractivity (Wildman–Crippen MR) is 114 cm³/mol. The van der Waals surface area contributed by atoms with Gasteiger partial charge in [0.05, 0.1) is 17.9 Å². The minimum absolute atomic E-state index is 0.0188. The Morgan fingerprint density at radius 2 is 1.88 bits per heavy atom. The van der Waals surface area contributed by atoms with Crippen LogP contribution in [0.2, 0.25) is 0 Å². The maximum atomic E-state index is 14.1. The van der Waals surface area contributed by atoms with E-state index >= 15 is 0 Å². The van der Waals surface area contributed by atoms with E-state index in [1.165, 1.54) is 42.5 Å². The lowest BCUT2D eigenvalue weighted by Crippen LogP contribution is -2.40. The van der Waals surface area contributed by atoms with Crippen LogP contribution in [-0.4, -0.2) is 43.9 Å². The lowest BCUT2D eigenvalue weighted by molar-refractivity contribution is -0.141. The summed E-state index contributed by atoms with van der Waals surface area (Å²) < 4.78 is 66.9. The molecule has 6 nitrogen and oxygen atoms in total. The molecule has 0 bridgehead atoms. The molecule has 0 radical (unpaired) electrons. The van der Waals surface area contributed by atoms with Crippen LogP contribution in [0.5, 0.6) is 0 Å². The number of pyridine rings is 1. The van der Waals surface area contributed by atoms with Gasteiger partial charge in [0.15, 0.2) is 0 Å². The largest absolute Gasteiger partial charge is 0.433 e. The van der Waals surface area contributed by atoms with E-state index in [1.54, 1.807) is 16.4 Å². The number of carbonyl (C=O) groups excluding carboxylic acids is 1. The standard InChI is InChI=1S/C22H18F5N5OS/c23-14-2-4-17(5-3-14)34-32-11-15(24)7-19(32)21(33)29-10-16-8-18(31-12-30-16)13-1-6-20(28-9-13)22(25,26)27/h1-6,8-9,12,15,19H,7,10-11H2,(H,29,33). The first-order valence-electron chi connectivity index (χ1n) is 10.2. The monoisotopic (exact) mass is 495 g/mol. The van der Waals surface area contributed by atoms with Crippen LogP contribution in [0.4, 0.5) is 22.0 Å². The van der Waals surface area contributed by atoms with Crippen LogP contribution in [0.15, 0.2) is 59.9 Å². The fraction of sp³-hybridized carbons (Fsp3) is 0.273. The average molecular weight is 495 g/mol. The molecule has 0 aliphatic carbocycles. The second kappa shape index (κ2) is 10.0. The molecule has 1 aliphatic heterocycles. The van der Waals surface area contributed by atoms with Gasteiger partial charge in [0.1, 0.15) is 30.1 Å². The molecule has 3 aromatic rings. The summed E-state index contributed by atoms with van der Waals surface area (Å²) in [6, 6.07) is 8.61. The van der Waals surface area contributed by atoms with E-state index in [4.69, 9.17) is 0 Å². The SMILES string of the molecule is O=C(NCc1cc(-c2ccc(C(F)(F)F)nc2)ncn1)C1CC(F)CN1Sc1ccc(F)cc1. The molecule has 1 saturated heterocycles. The van der Waals surface area contributed by atoms with Crippen molar-refractivity contribution < 1.29 is 26.7 Å². The Hall–Kier alpha value is -3.12. The minimum atomic E-state index is -4.54. The minimum Gasteiger partial charge on any atom is -0.349 e. The summed E-state index contributed by atoms with van der Waals surface area (Å²) in [5, 5.41) is 2.72. The third-order valence-corrected chi connectivity index (χ3v) is 6.18. The number of amides is 1. The van der Waals surface area contributed by atoms with E-state index < -0.39 is 30.0 Å². The number of nitrogens with one attached hydrogen (secondary N) is 1. The van der Waals surface area contributed by atoms with Gasteiger partial charge in [-0.2, -0.15) is 13.2 Å². The number of hydrogen-bond donors (Lipinski definition) is 1. The Kier molecular flexibility index (Phi) is 7.08. The average Bonchev–Trinajstić information content (AvgIpc) is 3.18. The van der Waals surface area contributed by atoms with Crippen LogP contribution in [0.1, 0.15) is 17.8 Å². The van der Waals surface area contributed by atoms with Gasteiger partial charge in [0.2, 0.25) is 5.91 Å². The molecule has 12 heteroatoms. The molecule has 1 amide bonds. The number of halogens is 5. The maximum Gasteiger partial charge on any atom is 0.433 e. The van der Waals surface area contributed by atoms with Crippen molar-refractivity contribution in [3.05, 3.63) is 72.2 Å². The van der Waals surface area contributed by atoms with E-state index in [-0.39, 0.29) is 25.3 Å². The van der Waals surface area contributed by atoms with Gasteiger partial charge < -0.3 is 5.32 Å². The highest BCUT2D eigenvalue weighted by Crippen LogP contribution is 2.33. The molecular formula is C22H18F5N5OS. The molecule has 0 saturated carbocycles. The van der Waals surface area contributed by atoms with Crippen molar-refractivity contribution in [1.29, 1.82) is 0 Å². The van der Waals surface area contributed by atoms with Crippen molar-refractivity contribution in [2.75, 3.05) is 6.54 Å². The molecule has 2 aromatic heterocycles. The molecular weight excluding hydrogens is 477 g/mol. The highest BCUT2D eigenvalue weighted by Gasteiger charge is 2.37. The summed E-state index contributed by atoms with van der Waals surface area (Å²) in [7, 11) is 0. The van der Waals surface area contributed by atoms with Gasteiger partial charge in [0, 0.05) is 29.6 Å². The van der Waals surface area contributed by atoms with E-state index in [0.29, 0.717) is 21.8 Å². The van der Waals surface area contributed by atoms with Crippen LogP contribution < -0.4 is 5.32 Å². The first-order valence-corrected chi connectivity index (χ1v) is 10.9. The molecule has 178 valence electrons. The summed E-state index contributed by atoms with van der Waals surface area (Å²) >= 11 is 1.18. The highest BCUT2D eigenvalue weighted by atomic mass is 32.2. The topological polar surface area (TPSA) is 71.0 Å². The number of rotatable bonds is 6. The van der Waals surface area contributed by atoms with Crippen molar-refractivity contribution in [3.8, 4) is 11.3 Å². The van der Waals surface area contributed by atoms with Gasteiger partial charge in [-0.15, -0.1) is 0 Å². The van der Waals surface area contributed by atoms with Crippen LogP contribution in [0.3, 0.4) is 0 Å². The Labute approximate surface area is 195 Å². The van der Waals surface area contributed by atoms with Gasteiger partial charge >= 0.3 is 6.18 Å². The number of aromatic nitrogens is 3. The summed E-state index contributed by atoms with van der Waals surface area (Å²) in [4.78, 5) is 25.0. The molecule has 3 heterocycles. The zero-order chi connectivity index (χ0) is 24.3. The first kappa shape index (κ1) is 24.0. The molecule has 34 heavy (non-hydrogen) atoms. The zero-order valence-corrected chi connectivity index (χ0v) is 18.3. The molecule has 0 spiro atoms. The van der Waals surface area contributed by atoms with Crippen molar-refractivity contribution in [2.45, 2.75) is 36.3 Å². The third kappa shape index (κ3) is 5.86. The zero-order valence-electron chi connectivity index (χ0n) is 17.5. The maximum absolute atomic E-state index is 14.1. The van der Waals surface area contributed by atoms with E-state index in [0.717, 1.165) is 12.3 Å². The second-order valence-corrected chi connectivity index (χ2v) is 8.66. The van der Waals surface area contributed by atoms with Crippen LogP contribution >= 0.6 is 11.9 Å². The quantitative estimate of drug-likeness (QED) is 0.403. The van der Waals surface area contributed by atoms with Crippen LogP contribution in [0.25, 0.3) is 11.3 Å². The van der Waals surface area contributed by atoms with Gasteiger partial charge in [0.25, 0.3) is 0 Å². The number of alkyl halides is 4.